The molecule has 0 bridgehead atoms. The molecular weight excluding hydrogens is 422 g/mol. The first-order chi connectivity index (χ1) is 14.8. The van der Waals surface area contributed by atoms with E-state index in [1.54, 1.807) is 6.07 Å². The van der Waals surface area contributed by atoms with Crippen LogP contribution in [-0.4, -0.2) is 15.6 Å². The summed E-state index contributed by atoms with van der Waals surface area (Å²) in [5.41, 5.74) is 7.61. The minimum absolute atomic E-state index is 0.0532. The second-order valence-electron chi connectivity index (χ2n) is 7.03. The van der Waals surface area contributed by atoms with Gasteiger partial charge in [0.2, 0.25) is 0 Å². The molecule has 31 heavy (non-hydrogen) atoms. The van der Waals surface area contributed by atoms with E-state index in [1.165, 1.54) is 35.2 Å². The fourth-order valence-corrected chi connectivity index (χ4v) is 4.95. The highest BCUT2D eigenvalue weighted by atomic mass is 32.1. The molecule has 0 unspecified atom stereocenters. The number of hydrogen-bond acceptors (Lipinski definition) is 9. The van der Waals surface area contributed by atoms with Gasteiger partial charge >= 0.3 is 5.00 Å². The van der Waals surface area contributed by atoms with Gasteiger partial charge in [-0.3, -0.25) is 29.9 Å². The molecule has 10 nitrogen and oxygen atoms in total. The van der Waals surface area contributed by atoms with Gasteiger partial charge in [0, 0.05) is 40.8 Å². The number of allylic oxidation sites excluding steroid dienone is 3. The van der Waals surface area contributed by atoms with Gasteiger partial charge < -0.3 is 5.73 Å². The number of Topliss-reactive ketones (excluding diaryl/α,β-unsaturated/α-hetero) is 1. The fourth-order valence-electron chi connectivity index (χ4n) is 4.01. The number of nitro benzene ring substituents is 1. The number of carbonyl (C=O) groups is 1. The van der Waals surface area contributed by atoms with Gasteiger partial charge in [0.05, 0.1) is 33.1 Å². The van der Waals surface area contributed by atoms with Crippen molar-refractivity contribution in [2.75, 3.05) is 4.90 Å². The van der Waals surface area contributed by atoms with E-state index in [1.807, 2.05) is 0 Å². The topological polar surface area (TPSA) is 156 Å². The summed E-state index contributed by atoms with van der Waals surface area (Å²) in [6, 6.07) is 10.7. The van der Waals surface area contributed by atoms with Crippen molar-refractivity contribution in [1.29, 1.82) is 5.26 Å². The lowest BCUT2D eigenvalue weighted by atomic mass is 9.78. The predicted octanol–water partition coefficient (Wildman–Crippen LogP) is 3.87. The smallest absolute Gasteiger partial charge is 0.324 e. The van der Waals surface area contributed by atoms with Gasteiger partial charge in [-0.15, -0.1) is 0 Å². The van der Waals surface area contributed by atoms with Gasteiger partial charge in [-0.05, 0) is 25.0 Å². The Hall–Kier alpha value is -4.04. The number of carbonyl (C=O) groups excluding carboxylic acids is 1. The van der Waals surface area contributed by atoms with Crippen molar-refractivity contribution in [3.05, 3.63) is 84.2 Å². The second kappa shape index (κ2) is 7.66. The Labute approximate surface area is 179 Å². The Bertz CT molecular complexity index is 1240. The molecule has 2 aromatic rings. The van der Waals surface area contributed by atoms with Gasteiger partial charge in [0.25, 0.3) is 5.69 Å². The number of anilines is 1. The van der Waals surface area contributed by atoms with Crippen LogP contribution in [0.4, 0.5) is 16.4 Å². The third-order valence-corrected chi connectivity index (χ3v) is 6.39. The number of nitrogens with zero attached hydrogens (tertiary/aromatic N) is 4. The van der Waals surface area contributed by atoms with Crippen LogP contribution in [0.5, 0.6) is 0 Å². The molecule has 1 aromatic heterocycles. The van der Waals surface area contributed by atoms with Gasteiger partial charge in [0.15, 0.2) is 5.78 Å². The summed E-state index contributed by atoms with van der Waals surface area (Å²) in [6.45, 7) is 0. The zero-order chi connectivity index (χ0) is 22.3. The highest BCUT2D eigenvalue weighted by Gasteiger charge is 2.41. The summed E-state index contributed by atoms with van der Waals surface area (Å²) < 4.78 is 0. The summed E-state index contributed by atoms with van der Waals surface area (Å²) in [4.78, 5) is 36.3. The van der Waals surface area contributed by atoms with Crippen LogP contribution in [0.25, 0.3) is 0 Å². The number of ketones is 1. The minimum atomic E-state index is -0.804. The molecule has 0 amide bonds. The maximum Gasteiger partial charge on any atom is 0.324 e. The van der Waals surface area contributed by atoms with Crippen LogP contribution in [-0.2, 0) is 4.79 Å². The molecule has 11 heteroatoms. The molecule has 2 heterocycles. The quantitative estimate of drug-likeness (QED) is 0.558. The summed E-state index contributed by atoms with van der Waals surface area (Å²) in [5.74, 6) is -0.920. The van der Waals surface area contributed by atoms with Gasteiger partial charge in [-0.1, -0.05) is 17.4 Å². The average molecular weight is 437 g/mol. The standard InChI is InChI=1S/C20H15N5O5S/c21-10-13-18(16-7-8-17(31-16)25(29)30)19-14(5-2-6-15(19)26)23(20(13)22)11-3-1-4-12(9-11)24(27)28/h1,3-4,7-9,18H,2,5-6,22H2/t18-/m0/s1. The number of nitro groups is 2. The van der Waals surface area contributed by atoms with Crippen molar-refractivity contribution in [1.82, 2.24) is 0 Å². The summed E-state index contributed by atoms with van der Waals surface area (Å²) in [5, 5.41) is 32.2. The van der Waals surface area contributed by atoms with Gasteiger partial charge in [-0.25, -0.2) is 0 Å². The van der Waals surface area contributed by atoms with Crippen molar-refractivity contribution in [2.24, 2.45) is 5.73 Å². The minimum Gasteiger partial charge on any atom is -0.384 e. The van der Waals surface area contributed by atoms with Crippen molar-refractivity contribution in [2.45, 2.75) is 25.2 Å². The van der Waals surface area contributed by atoms with Crippen molar-refractivity contribution in [3.63, 3.8) is 0 Å². The lowest BCUT2D eigenvalue weighted by Crippen LogP contribution is -2.38. The van der Waals surface area contributed by atoms with Crippen LogP contribution in [0.15, 0.2) is 59.1 Å². The molecular formula is C20H15N5O5S. The van der Waals surface area contributed by atoms with Gasteiger partial charge in [0.1, 0.15) is 5.82 Å². The number of nitrogens with two attached hydrogens (primary N) is 1. The Morgan fingerprint density at radius 1 is 1.16 bits per heavy atom. The Morgan fingerprint density at radius 3 is 2.58 bits per heavy atom. The molecule has 1 atom stereocenters. The van der Waals surface area contributed by atoms with Crippen molar-refractivity contribution < 1.29 is 14.6 Å². The first-order valence-electron chi connectivity index (χ1n) is 9.28. The number of hydrogen-bond donors (Lipinski definition) is 1. The van der Waals surface area contributed by atoms with E-state index in [0.29, 0.717) is 34.7 Å². The zero-order valence-electron chi connectivity index (χ0n) is 16.0. The molecule has 4 rings (SSSR count). The first kappa shape index (κ1) is 20.2. The summed E-state index contributed by atoms with van der Waals surface area (Å²) in [7, 11) is 0. The van der Waals surface area contributed by atoms with Crippen LogP contribution in [0.3, 0.4) is 0 Å². The summed E-state index contributed by atoms with van der Waals surface area (Å²) in [6.07, 6.45) is 1.33. The molecule has 0 radical (unpaired) electrons. The molecule has 0 saturated heterocycles. The normalized spacial score (nSPS) is 18.6. The third kappa shape index (κ3) is 3.32. The lowest BCUT2D eigenvalue weighted by Gasteiger charge is -2.39. The molecule has 156 valence electrons. The average Bonchev–Trinajstić information content (AvgIpc) is 3.23. The van der Waals surface area contributed by atoms with E-state index in [0.717, 1.165) is 11.3 Å². The monoisotopic (exact) mass is 437 g/mol. The molecule has 1 aliphatic heterocycles. The van der Waals surface area contributed by atoms with Crippen molar-refractivity contribution in [3.8, 4) is 6.07 Å². The first-order valence-corrected chi connectivity index (χ1v) is 10.1. The fraction of sp³-hybridized carbons (Fsp3) is 0.200. The number of rotatable bonds is 4. The number of non-ortho nitro benzene ring substituents is 1. The maximum atomic E-state index is 13.0. The van der Waals surface area contributed by atoms with E-state index in [2.05, 4.69) is 6.07 Å². The van der Waals surface area contributed by atoms with Crippen LogP contribution < -0.4 is 10.6 Å². The zero-order valence-corrected chi connectivity index (χ0v) is 16.8. The SMILES string of the molecule is N#CC1=C(N)N(c2cccc([N+](=O)[O-])c2)C2=C(C(=O)CCC2)[C@@H]1c1ccc([N+](=O)[O-])s1. The number of thiophene rings is 1. The molecule has 2 aliphatic rings. The molecule has 2 N–H and O–H groups in total. The van der Waals surface area contributed by atoms with E-state index in [4.69, 9.17) is 5.73 Å². The number of nitriles is 1. The van der Waals surface area contributed by atoms with Crippen LogP contribution in [0.1, 0.15) is 30.1 Å². The van der Waals surface area contributed by atoms with Gasteiger partial charge in [-0.2, -0.15) is 5.26 Å². The van der Waals surface area contributed by atoms with Crippen LogP contribution in [0, 0.1) is 31.6 Å². The molecule has 1 aliphatic carbocycles. The van der Waals surface area contributed by atoms with E-state index in [9.17, 15) is 30.3 Å². The lowest BCUT2D eigenvalue weighted by molar-refractivity contribution is -0.384. The highest BCUT2D eigenvalue weighted by Crippen LogP contribution is 2.48. The van der Waals surface area contributed by atoms with E-state index >= 15 is 0 Å². The molecule has 1 aromatic carbocycles. The second-order valence-corrected chi connectivity index (χ2v) is 8.12. The van der Waals surface area contributed by atoms with E-state index < -0.39 is 15.8 Å². The largest absolute Gasteiger partial charge is 0.384 e. The molecule has 0 spiro atoms. The highest BCUT2D eigenvalue weighted by molar-refractivity contribution is 7.15. The molecule has 0 saturated carbocycles. The summed E-state index contributed by atoms with van der Waals surface area (Å²) >= 11 is 0.896. The van der Waals surface area contributed by atoms with Crippen LogP contribution in [0.2, 0.25) is 0 Å². The Balaban J connectivity index is 1.94. The van der Waals surface area contributed by atoms with Crippen LogP contribution >= 0.6 is 11.3 Å². The third-order valence-electron chi connectivity index (χ3n) is 5.29. The molecule has 0 fully saturated rings. The maximum absolute atomic E-state index is 13.0. The number of benzene rings is 1. The predicted molar refractivity (Wildman–Crippen MR) is 112 cm³/mol. The Morgan fingerprint density at radius 2 is 1.94 bits per heavy atom. The van der Waals surface area contributed by atoms with E-state index in [-0.39, 0.29) is 34.3 Å². The Kier molecular flexibility index (Phi) is 5.00. The van der Waals surface area contributed by atoms with Crippen molar-refractivity contribution >= 4 is 33.5 Å².